The van der Waals surface area contributed by atoms with Crippen LogP contribution in [0, 0.1) is 6.92 Å². The Hall–Kier alpha value is -3.03. The number of piperidine rings is 1. The number of fused-ring (bicyclic) bond motifs is 1. The molecular formula is C20H24N4O4. The Balaban J connectivity index is 1.39. The van der Waals surface area contributed by atoms with Gasteiger partial charge in [0, 0.05) is 32.0 Å². The molecular weight excluding hydrogens is 360 g/mol. The molecule has 0 unspecified atom stereocenters. The maximum absolute atomic E-state index is 11.2. The Morgan fingerprint density at radius 1 is 1.25 bits per heavy atom. The van der Waals surface area contributed by atoms with E-state index < -0.39 is 6.09 Å². The Bertz CT molecular complexity index is 863. The SMILES string of the molecule is COc1ccc(OC2CCN(c3nc4c(cc3C)CN(C(=O)O)C4)CC2)cn1. The molecule has 0 saturated carbocycles. The van der Waals surface area contributed by atoms with Gasteiger partial charge < -0.3 is 19.5 Å². The number of aromatic nitrogens is 2. The molecule has 2 aliphatic rings. The van der Waals surface area contributed by atoms with Crippen molar-refractivity contribution in [3.05, 3.63) is 41.2 Å². The average Bonchev–Trinajstić information content (AvgIpc) is 3.12. The van der Waals surface area contributed by atoms with E-state index in [9.17, 15) is 9.90 Å². The average molecular weight is 384 g/mol. The van der Waals surface area contributed by atoms with Crippen molar-refractivity contribution in [1.82, 2.24) is 14.9 Å². The summed E-state index contributed by atoms with van der Waals surface area (Å²) in [5.74, 6) is 2.28. The zero-order valence-electron chi connectivity index (χ0n) is 16.1. The lowest BCUT2D eigenvalue weighted by molar-refractivity contribution is 0.145. The summed E-state index contributed by atoms with van der Waals surface area (Å²) in [5, 5.41) is 9.21. The first-order chi connectivity index (χ1) is 13.5. The van der Waals surface area contributed by atoms with E-state index in [1.165, 1.54) is 4.90 Å². The van der Waals surface area contributed by atoms with Gasteiger partial charge in [0.25, 0.3) is 0 Å². The molecule has 8 heteroatoms. The number of carboxylic acid groups (broad SMARTS) is 1. The fourth-order valence-electron chi connectivity index (χ4n) is 3.80. The van der Waals surface area contributed by atoms with Gasteiger partial charge in [-0.05, 0) is 30.2 Å². The normalized spacial score (nSPS) is 16.8. The van der Waals surface area contributed by atoms with Gasteiger partial charge in [0.1, 0.15) is 17.7 Å². The number of amides is 1. The van der Waals surface area contributed by atoms with Crippen molar-refractivity contribution >= 4 is 11.9 Å². The van der Waals surface area contributed by atoms with Crippen LogP contribution in [0.25, 0.3) is 0 Å². The molecule has 4 heterocycles. The molecule has 148 valence electrons. The van der Waals surface area contributed by atoms with Crippen LogP contribution in [0.3, 0.4) is 0 Å². The molecule has 2 aliphatic heterocycles. The quantitative estimate of drug-likeness (QED) is 0.867. The Morgan fingerprint density at radius 3 is 2.68 bits per heavy atom. The largest absolute Gasteiger partial charge is 0.489 e. The predicted molar refractivity (Wildman–Crippen MR) is 103 cm³/mol. The number of nitrogens with zero attached hydrogens (tertiary/aromatic N) is 4. The molecule has 0 radical (unpaired) electrons. The van der Waals surface area contributed by atoms with E-state index in [1.807, 2.05) is 13.0 Å². The molecule has 1 fully saturated rings. The second kappa shape index (κ2) is 7.53. The fraction of sp³-hybridized carbons (Fsp3) is 0.450. The summed E-state index contributed by atoms with van der Waals surface area (Å²) in [4.78, 5) is 23.9. The molecule has 4 rings (SSSR count). The fourth-order valence-corrected chi connectivity index (χ4v) is 3.80. The van der Waals surface area contributed by atoms with Crippen LogP contribution >= 0.6 is 0 Å². The maximum Gasteiger partial charge on any atom is 0.407 e. The first-order valence-corrected chi connectivity index (χ1v) is 9.42. The molecule has 0 atom stereocenters. The number of hydrogen-bond donors (Lipinski definition) is 1. The van der Waals surface area contributed by atoms with E-state index in [0.29, 0.717) is 19.0 Å². The van der Waals surface area contributed by atoms with Crippen LogP contribution in [0.15, 0.2) is 24.4 Å². The minimum atomic E-state index is -0.900. The van der Waals surface area contributed by atoms with Crippen molar-refractivity contribution in [2.45, 2.75) is 39.0 Å². The number of pyridine rings is 2. The van der Waals surface area contributed by atoms with Crippen molar-refractivity contribution in [2.75, 3.05) is 25.1 Å². The third kappa shape index (κ3) is 3.67. The number of carbonyl (C=O) groups is 1. The van der Waals surface area contributed by atoms with E-state index in [1.54, 1.807) is 19.4 Å². The Kier molecular flexibility index (Phi) is 4.93. The van der Waals surface area contributed by atoms with E-state index in [4.69, 9.17) is 14.5 Å². The second-order valence-corrected chi connectivity index (χ2v) is 7.21. The summed E-state index contributed by atoms with van der Waals surface area (Å²) < 4.78 is 11.1. The summed E-state index contributed by atoms with van der Waals surface area (Å²) >= 11 is 0. The molecule has 0 aliphatic carbocycles. The zero-order chi connectivity index (χ0) is 19.7. The molecule has 0 spiro atoms. The highest BCUT2D eigenvalue weighted by Crippen LogP contribution is 2.29. The molecule has 2 aromatic heterocycles. The first kappa shape index (κ1) is 18.3. The lowest BCUT2D eigenvalue weighted by Gasteiger charge is -2.34. The van der Waals surface area contributed by atoms with Gasteiger partial charge in [0.15, 0.2) is 0 Å². The van der Waals surface area contributed by atoms with Gasteiger partial charge >= 0.3 is 6.09 Å². The monoisotopic (exact) mass is 384 g/mol. The van der Waals surface area contributed by atoms with E-state index in [0.717, 1.165) is 54.3 Å². The zero-order valence-corrected chi connectivity index (χ0v) is 16.1. The summed E-state index contributed by atoms with van der Waals surface area (Å²) in [7, 11) is 1.59. The number of aryl methyl sites for hydroxylation is 1. The Labute approximate surface area is 163 Å². The van der Waals surface area contributed by atoms with Crippen LogP contribution < -0.4 is 14.4 Å². The summed E-state index contributed by atoms with van der Waals surface area (Å²) in [5.41, 5.74) is 2.96. The maximum atomic E-state index is 11.2. The van der Waals surface area contributed by atoms with Gasteiger partial charge in [-0.1, -0.05) is 0 Å². The number of methoxy groups -OCH3 is 1. The van der Waals surface area contributed by atoms with Crippen LogP contribution in [-0.2, 0) is 13.1 Å². The number of rotatable bonds is 4. The minimum Gasteiger partial charge on any atom is -0.489 e. The van der Waals surface area contributed by atoms with Gasteiger partial charge in [-0.3, -0.25) is 4.90 Å². The topological polar surface area (TPSA) is 88.0 Å². The standard InChI is InChI=1S/C20H24N4O4/c1-13-9-14-11-24(20(25)26)12-17(14)22-19(13)23-7-5-15(6-8-23)28-16-3-4-18(27-2)21-10-16/h3-4,9-10,15H,5-8,11-12H2,1-2H3,(H,25,26). The van der Waals surface area contributed by atoms with Crippen LogP contribution in [0.2, 0.25) is 0 Å². The van der Waals surface area contributed by atoms with E-state index in [-0.39, 0.29) is 6.10 Å². The predicted octanol–water partition coefficient (Wildman–Crippen LogP) is 2.84. The van der Waals surface area contributed by atoms with E-state index in [2.05, 4.69) is 16.0 Å². The van der Waals surface area contributed by atoms with E-state index >= 15 is 0 Å². The number of hydrogen-bond acceptors (Lipinski definition) is 6. The molecule has 1 saturated heterocycles. The highest BCUT2D eigenvalue weighted by atomic mass is 16.5. The van der Waals surface area contributed by atoms with Crippen molar-refractivity contribution < 1.29 is 19.4 Å². The van der Waals surface area contributed by atoms with Crippen LogP contribution in [-0.4, -0.2) is 52.4 Å². The molecule has 0 bridgehead atoms. The smallest absolute Gasteiger partial charge is 0.407 e. The highest BCUT2D eigenvalue weighted by molar-refractivity contribution is 5.66. The third-order valence-electron chi connectivity index (χ3n) is 5.29. The second-order valence-electron chi connectivity index (χ2n) is 7.21. The molecule has 1 N–H and O–H groups in total. The lowest BCUT2D eigenvalue weighted by atomic mass is 10.1. The van der Waals surface area contributed by atoms with Gasteiger partial charge in [0.2, 0.25) is 5.88 Å². The molecule has 2 aromatic rings. The first-order valence-electron chi connectivity index (χ1n) is 9.42. The van der Waals surface area contributed by atoms with Crippen molar-refractivity contribution in [2.24, 2.45) is 0 Å². The molecule has 0 aromatic carbocycles. The van der Waals surface area contributed by atoms with Crippen molar-refractivity contribution in [1.29, 1.82) is 0 Å². The Morgan fingerprint density at radius 2 is 2.04 bits per heavy atom. The summed E-state index contributed by atoms with van der Waals surface area (Å²) in [6, 6.07) is 5.74. The number of anilines is 1. The van der Waals surface area contributed by atoms with Gasteiger partial charge in [-0.2, -0.15) is 0 Å². The van der Waals surface area contributed by atoms with Crippen LogP contribution in [0.5, 0.6) is 11.6 Å². The van der Waals surface area contributed by atoms with Crippen LogP contribution in [0.1, 0.15) is 29.7 Å². The van der Waals surface area contributed by atoms with Crippen molar-refractivity contribution in [3.63, 3.8) is 0 Å². The van der Waals surface area contributed by atoms with Gasteiger partial charge in [-0.25, -0.2) is 14.8 Å². The minimum absolute atomic E-state index is 0.142. The third-order valence-corrected chi connectivity index (χ3v) is 5.29. The molecule has 28 heavy (non-hydrogen) atoms. The summed E-state index contributed by atoms with van der Waals surface area (Å²) in [6.45, 7) is 4.53. The van der Waals surface area contributed by atoms with Gasteiger partial charge in [0.05, 0.1) is 32.1 Å². The molecule has 8 nitrogen and oxygen atoms in total. The van der Waals surface area contributed by atoms with Crippen LogP contribution in [0.4, 0.5) is 10.6 Å². The number of ether oxygens (including phenoxy) is 2. The summed E-state index contributed by atoms with van der Waals surface area (Å²) in [6.07, 6.45) is 2.72. The molecule has 1 amide bonds. The highest BCUT2D eigenvalue weighted by Gasteiger charge is 2.28. The van der Waals surface area contributed by atoms with Gasteiger partial charge in [-0.15, -0.1) is 0 Å². The van der Waals surface area contributed by atoms with Crippen molar-refractivity contribution in [3.8, 4) is 11.6 Å². The lowest BCUT2D eigenvalue weighted by Crippen LogP contribution is -2.39.